The van der Waals surface area contributed by atoms with E-state index in [1.165, 1.54) is 86.1 Å². The molecule has 10 rings (SSSR count). The van der Waals surface area contributed by atoms with Crippen LogP contribution in [0.25, 0.3) is 0 Å². The molecule has 4 heteroatoms. The van der Waals surface area contributed by atoms with Crippen molar-refractivity contribution in [3.63, 3.8) is 0 Å². The number of benzene rings is 4. The molecule has 4 aromatic carbocycles. The number of hydrogen-bond acceptors (Lipinski definition) is 2. The molecule has 2 aromatic heterocycles. The summed E-state index contributed by atoms with van der Waals surface area (Å²) in [5.41, 5.74) is 7.51. The minimum atomic E-state index is -1.22. The molecular formula is C56H57BN2Zr. The van der Waals surface area contributed by atoms with Gasteiger partial charge in [0.15, 0.2) is 0 Å². The maximum absolute atomic E-state index is 3.98. The van der Waals surface area contributed by atoms with Crippen LogP contribution in [-0.2, 0) is 26.2 Å². The van der Waals surface area contributed by atoms with Gasteiger partial charge in [-0.15, -0.1) is 5.56 Å². The maximum Gasteiger partial charge on any atom is 2.00 e. The molecule has 0 bridgehead atoms. The predicted octanol–water partition coefficient (Wildman–Crippen LogP) is 10.8. The molecule has 6 aromatic rings. The summed E-state index contributed by atoms with van der Waals surface area (Å²) in [4.78, 5) is 7.74. The fourth-order valence-corrected chi connectivity index (χ4v) is 9.28. The summed E-state index contributed by atoms with van der Waals surface area (Å²) < 4.78 is 0. The Balaban J connectivity index is 0.000000152. The van der Waals surface area contributed by atoms with Crippen molar-refractivity contribution >= 4 is 28.0 Å². The summed E-state index contributed by atoms with van der Waals surface area (Å²) in [7, 11) is 0. The molecule has 4 fully saturated rings. The van der Waals surface area contributed by atoms with Gasteiger partial charge in [0.2, 0.25) is 0 Å². The van der Waals surface area contributed by atoms with Gasteiger partial charge >= 0.3 is 26.2 Å². The molecular weight excluding hydrogens is 803 g/mol. The summed E-state index contributed by atoms with van der Waals surface area (Å²) in [5.74, 6) is 10.00. The van der Waals surface area contributed by atoms with Crippen LogP contribution in [0.5, 0.6) is 0 Å². The molecule has 4 aliphatic carbocycles. The standard InChI is InChI=1S/C24H20B.C20H24.C6H6N.C6H7N.Zr/c1-5-13-21(14-6-1)25(22-15-7-2-8-16-22,23-17-9-3-10-18-23)24-19-11-4-12-20-24;1-3-7-19-15(5-1)9-11-17(19)13-14-18-12-10-16-6-2-4-8-20(16)18;1-6-3-2-4-7-5-6;1-6-4-2-3-5-7-6;/h1-20H;9-12H,1-8,13-14H2;2-4H,1H3;2-5H,1H3;/q-1;;-1;;+2. The van der Waals surface area contributed by atoms with Crippen molar-refractivity contribution in [3.05, 3.63) is 243 Å². The van der Waals surface area contributed by atoms with E-state index in [2.05, 4.69) is 163 Å². The average molecular weight is 860 g/mol. The monoisotopic (exact) mass is 858 g/mol. The van der Waals surface area contributed by atoms with Crippen LogP contribution in [0.2, 0.25) is 0 Å². The number of pyridine rings is 2. The average Bonchev–Trinajstić information content (AvgIpc) is 3.93. The van der Waals surface area contributed by atoms with E-state index < -0.39 is 6.15 Å². The number of hydrogen-bond donors (Lipinski definition) is 0. The van der Waals surface area contributed by atoms with E-state index in [-0.39, 0.29) is 26.2 Å². The third kappa shape index (κ3) is 11.9. The first kappa shape index (κ1) is 45.7. The van der Waals surface area contributed by atoms with Crippen LogP contribution in [0.1, 0.15) is 75.5 Å². The zero-order chi connectivity index (χ0) is 40.5. The zero-order valence-corrected chi connectivity index (χ0v) is 37.9. The first-order chi connectivity index (χ1) is 29.1. The van der Waals surface area contributed by atoms with Crippen molar-refractivity contribution in [1.29, 1.82) is 0 Å². The second kappa shape index (κ2) is 23.9. The van der Waals surface area contributed by atoms with Gasteiger partial charge in [0.1, 0.15) is 6.15 Å². The first-order valence-electron chi connectivity index (χ1n) is 21.7. The molecule has 2 heterocycles. The summed E-state index contributed by atoms with van der Waals surface area (Å²) in [5, 5.41) is 0. The molecule has 4 aliphatic rings. The van der Waals surface area contributed by atoms with Gasteiger partial charge in [-0.2, -0.15) is 34.0 Å². The van der Waals surface area contributed by atoms with Crippen molar-refractivity contribution in [3.8, 4) is 0 Å². The summed E-state index contributed by atoms with van der Waals surface area (Å²) in [6, 6.07) is 53.2. The van der Waals surface area contributed by atoms with Gasteiger partial charge in [0, 0.05) is 11.9 Å². The van der Waals surface area contributed by atoms with Crippen LogP contribution in [0.3, 0.4) is 0 Å². The third-order valence-corrected chi connectivity index (χ3v) is 12.2. The van der Waals surface area contributed by atoms with Gasteiger partial charge in [-0.3, -0.25) is 4.98 Å². The molecule has 0 amide bonds. The fraction of sp³-hybridized carbons (Fsp3) is 0.214. The Labute approximate surface area is 382 Å². The number of nitrogens with zero attached hydrogens (tertiary/aromatic N) is 2. The maximum atomic E-state index is 3.98. The van der Waals surface area contributed by atoms with E-state index in [4.69, 9.17) is 0 Å². The van der Waals surface area contributed by atoms with Gasteiger partial charge < -0.3 is 4.98 Å². The van der Waals surface area contributed by atoms with Crippen molar-refractivity contribution in [2.75, 3.05) is 0 Å². The van der Waals surface area contributed by atoms with Crippen LogP contribution in [0.15, 0.2) is 164 Å². The van der Waals surface area contributed by atoms with Gasteiger partial charge in [-0.25, -0.2) is 0 Å². The molecule has 298 valence electrons. The Morgan fingerprint density at radius 3 is 1.18 bits per heavy atom. The molecule has 4 saturated carbocycles. The third-order valence-electron chi connectivity index (χ3n) is 12.2. The molecule has 10 radical (unpaired) electrons. The van der Waals surface area contributed by atoms with E-state index in [0.717, 1.165) is 11.3 Å². The van der Waals surface area contributed by atoms with Gasteiger partial charge in [0.25, 0.3) is 0 Å². The van der Waals surface area contributed by atoms with Crippen LogP contribution in [0, 0.1) is 81.2 Å². The van der Waals surface area contributed by atoms with Gasteiger partial charge in [0.05, 0.1) is 0 Å². The number of aromatic nitrogens is 2. The summed E-state index contributed by atoms with van der Waals surface area (Å²) >= 11 is 0. The Kier molecular flexibility index (Phi) is 18.2. The quantitative estimate of drug-likeness (QED) is 0.118. The predicted molar refractivity (Wildman–Crippen MR) is 250 cm³/mol. The summed E-state index contributed by atoms with van der Waals surface area (Å²) in [6.45, 7) is 3.94. The largest absolute Gasteiger partial charge is 2.00 e. The Morgan fingerprint density at radius 2 is 0.867 bits per heavy atom. The van der Waals surface area contributed by atoms with E-state index >= 15 is 0 Å². The number of fused-ring (bicyclic) bond motifs is 2. The molecule has 0 atom stereocenters. The smallest absolute Gasteiger partial charge is 0.394 e. The van der Waals surface area contributed by atoms with Crippen LogP contribution < -0.4 is 21.9 Å². The minimum Gasteiger partial charge on any atom is -0.394 e. The molecule has 0 spiro atoms. The van der Waals surface area contributed by atoms with E-state index in [1.54, 1.807) is 47.9 Å². The first-order valence-corrected chi connectivity index (χ1v) is 21.7. The summed E-state index contributed by atoms with van der Waals surface area (Å²) in [6.07, 6.45) is 28.1. The number of rotatable bonds is 7. The Hall–Kier alpha value is -3.87. The van der Waals surface area contributed by atoms with Crippen molar-refractivity contribution < 1.29 is 26.2 Å². The molecule has 0 saturated heterocycles. The topological polar surface area (TPSA) is 25.8 Å². The molecule has 2 nitrogen and oxygen atoms in total. The van der Waals surface area contributed by atoms with E-state index in [9.17, 15) is 0 Å². The molecule has 0 aliphatic heterocycles. The van der Waals surface area contributed by atoms with E-state index in [0.29, 0.717) is 0 Å². The fourth-order valence-electron chi connectivity index (χ4n) is 9.28. The van der Waals surface area contributed by atoms with Crippen molar-refractivity contribution in [1.82, 2.24) is 9.97 Å². The minimum absolute atomic E-state index is 0. The SMILES string of the molecule is Cc1[c-]nccc1.Cc1ccccn1.[CH]1[CH][C](CC[C]2[CH][CH][C]3CCCC[C]32)[C]2CCCC[C]12.[Zr+2].c1ccc([B-](c2ccccc2)(c2ccccc2)c2ccccc2)cc1. The second-order valence-corrected chi connectivity index (χ2v) is 16.1. The molecule has 0 unspecified atom stereocenters. The van der Waals surface area contributed by atoms with Gasteiger partial charge in [-0.1, -0.05) is 172 Å². The van der Waals surface area contributed by atoms with E-state index in [1.807, 2.05) is 44.2 Å². The second-order valence-electron chi connectivity index (χ2n) is 16.1. The number of aryl methyl sites for hydroxylation is 2. The van der Waals surface area contributed by atoms with Gasteiger partial charge in [-0.05, 0) is 119 Å². The zero-order valence-electron chi connectivity index (χ0n) is 35.4. The van der Waals surface area contributed by atoms with Crippen LogP contribution in [0.4, 0.5) is 0 Å². The molecule has 60 heavy (non-hydrogen) atoms. The Morgan fingerprint density at radius 1 is 0.450 bits per heavy atom. The van der Waals surface area contributed by atoms with Crippen molar-refractivity contribution in [2.24, 2.45) is 0 Å². The normalized spacial score (nSPS) is 17.3. The Bertz CT molecular complexity index is 1800. The van der Waals surface area contributed by atoms with Crippen LogP contribution in [-0.4, -0.2) is 16.1 Å². The van der Waals surface area contributed by atoms with Crippen LogP contribution >= 0.6 is 0 Å². The molecule has 0 N–H and O–H groups in total. The van der Waals surface area contributed by atoms with Crippen molar-refractivity contribution in [2.45, 2.75) is 78.1 Å².